The van der Waals surface area contributed by atoms with E-state index in [9.17, 15) is 0 Å². The van der Waals surface area contributed by atoms with Gasteiger partial charge in [0, 0.05) is 28.6 Å². The third kappa shape index (κ3) is 3.53. The standard InChI is InChI=1S/C18H19N3O2S2/c1-3-14(18-20-11(2)8-24-18)19-7-13-9-25-17(21-13)12-4-5-15-16(6-12)23-10-22-15/h4-6,8-9,14,19H,3,7,10H2,1-2H3. The number of ether oxygens (including phenoxy) is 2. The molecular formula is C18H19N3O2S2. The minimum absolute atomic E-state index is 0.273. The van der Waals surface area contributed by atoms with Crippen LogP contribution < -0.4 is 14.8 Å². The average Bonchev–Trinajstić information content (AvgIpc) is 3.35. The van der Waals surface area contributed by atoms with Gasteiger partial charge in [-0.1, -0.05) is 6.92 Å². The van der Waals surface area contributed by atoms with Crippen molar-refractivity contribution in [2.45, 2.75) is 32.9 Å². The molecule has 0 saturated heterocycles. The summed E-state index contributed by atoms with van der Waals surface area (Å²) in [5, 5.41) is 9.91. The molecule has 0 amide bonds. The quantitative estimate of drug-likeness (QED) is 0.687. The van der Waals surface area contributed by atoms with Crippen LogP contribution >= 0.6 is 22.7 Å². The summed E-state index contributed by atoms with van der Waals surface area (Å²) in [5.41, 5.74) is 3.19. The average molecular weight is 374 g/mol. The number of nitrogens with zero attached hydrogens (tertiary/aromatic N) is 2. The van der Waals surface area contributed by atoms with Crippen LogP contribution in [0.4, 0.5) is 0 Å². The third-order valence-corrected chi connectivity index (χ3v) is 6.06. The van der Waals surface area contributed by atoms with Gasteiger partial charge in [0.15, 0.2) is 11.5 Å². The van der Waals surface area contributed by atoms with Crippen molar-refractivity contribution in [3.05, 3.63) is 45.4 Å². The lowest BCUT2D eigenvalue weighted by molar-refractivity contribution is 0.174. The van der Waals surface area contributed by atoms with Crippen LogP contribution in [-0.4, -0.2) is 16.8 Å². The second-order valence-electron chi connectivity index (χ2n) is 5.88. The van der Waals surface area contributed by atoms with Crippen molar-refractivity contribution in [1.29, 1.82) is 0 Å². The number of thiazole rings is 2. The third-order valence-electron chi connectivity index (χ3n) is 4.04. The van der Waals surface area contributed by atoms with Crippen LogP contribution in [-0.2, 0) is 6.54 Å². The topological polar surface area (TPSA) is 56.3 Å². The van der Waals surface area contributed by atoms with E-state index in [1.807, 2.05) is 25.1 Å². The molecule has 0 radical (unpaired) electrons. The fourth-order valence-corrected chi connectivity index (χ4v) is 4.49. The lowest BCUT2D eigenvalue weighted by Gasteiger charge is -2.13. The molecule has 0 saturated carbocycles. The number of hydrogen-bond acceptors (Lipinski definition) is 7. The summed E-state index contributed by atoms with van der Waals surface area (Å²) in [6, 6.07) is 6.23. The zero-order valence-corrected chi connectivity index (χ0v) is 15.7. The molecule has 2 aromatic heterocycles. The van der Waals surface area contributed by atoms with Gasteiger partial charge in [-0.3, -0.25) is 0 Å². The monoisotopic (exact) mass is 373 g/mol. The second-order valence-corrected chi connectivity index (χ2v) is 7.63. The van der Waals surface area contributed by atoms with E-state index in [1.165, 1.54) is 0 Å². The summed E-state index contributed by atoms with van der Waals surface area (Å²) in [6.45, 7) is 5.23. The highest BCUT2D eigenvalue weighted by Gasteiger charge is 2.16. The number of aryl methyl sites for hydroxylation is 1. The Morgan fingerprint density at radius 1 is 1.16 bits per heavy atom. The van der Waals surface area contributed by atoms with Gasteiger partial charge < -0.3 is 14.8 Å². The molecule has 7 heteroatoms. The first kappa shape index (κ1) is 16.5. The van der Waals surface area contributed by atoms with Gasteiger partial charge in [-0.15, -0.1) is 22.7 Å². The number of nitrogens with one attached hydrogen (secondary N) is 1. The van der Waals surface area contributed by atoms with Crippen LogP contribution in [0.2, 0.25) is 0 Å². The molecular weight excluding hydrogens is 354 g/mol. The zero-order valence-electron chi connectivity index (χ0n) is 14.1. The van der Waals surface area contributed by atoms with Gasteiger partial charge in [0.1, 0.15) is 10.0 Å². The fourth-order valence-electron chi connectivity index (χ4n) is 2.72. The van der Waals surface area contributed by atoms with Crippen molar-refractivity contribution in [1.82, 2.24) is 15.3 Å². The van der Waals surface area contributed by atoms with E-state index < -0.39 is 0 Å². The molecule has 3 heterocycles. The summed E-state index contributed by atoms with van der Waals surface area (Å²) < 4.78 is 10.8. The van der Waals surface area contributed by atoms with Gasteiger partial charge in [-0.2, -0.15) is 0 Å². The first-order valence-electron chi connectivity index (χ1n) is 8.22. The predicted molar refractivity (Wildman–Crippen MR) is 100 cm³/mol. The van der Waals surface area contributed by atoms with Crippen LogP contribution in [0.15, 0.2) is 29.0 Å². The van der Waals surface area contributed by atoms with Gasteiger partial charge in [-0.05, 0) is 31.5 Å². The number of fused-ring (bicyclic) bond motifs is 1. The molecule has 3 aromatic rings. The highest BCUT2D eigenvalue weighted by molar-refractivity contribution is 7.13. The zero-order chi connectivity index (χ0) is 17.2. The number of benzene rings is 1. The predicted octanol–water partition coefficient (Wildman–Crippen LogP) is 4.54. The van der Waals surface area contributed by atoms with Crippen molar-refractivity contribution >= 4 is 22.7 Å². The van der Waals surface area contributed by atoms with E-state index in [2.05, 4.69) is 28.0 Å². The number of aromatic nitrogens is 2. The van der Waals surface area contributed by atoms with Crippen molar-refractivity contribution in [3.63, 3.8) is 0 Å². The maximum atomic E-state index is 5.45. The molecule has 1 aliphatic heterocycles. The van der Waals surface area contributed by atoms with E-state index in [0.29, 0.717) is 6.79 Å². The lowest BCUT2D eigenvalue weighted by Crippen LogP contribution is -2.20. The van der Waals surface area contributed by atoms with Gasteiger partial charge >= 0.3 is 0 Å². The van der Waals surface area contributed by atoms with Gasteiger partial charge in [-0.25, -0.2) is 9.97 Å². The van der Waals surface area contributed by atoms with Gasteiger partial charge in [0.2, 0.25) is 6.79 Å². The molecule has 130 valence electrons. The molecule has 0 aliphatic carbocycles. The number of hydrogen-bond donors (Lipinski definition) is 1. The van der Waals surface area contributed by atoms with E-state index in [1.54, 1.807) is 22.7 Å². The highest BCUT2D eigenvalue weighted by Crippen LogP contribution is 2.36. The molecule has 25 heavy (non-hydrogen) atoms. The fraction of sp³-hybridized carbons (Fsp3) is 0.333. The van der Waals surface area contributed by atoms with Crippen molar-refractivity contribution in [2.75, 3.05) is 6.79 Å². The maximum absolute atomic E-state index is 5.45. The van der Waals surface area contributed by atoms with Crippen LogP contribution in [0.5, 0.6) is 11.5 Å². The van der Waals surface area contributed by atoms with Gasteiger partial charge in [0.25, 0.3) is 0 Å². The Hall–Kier alpha value is -1.96. The Balaban J connectivity index is 1.44. The molecule has 0 fully saturated rings. The van der Waals surface area contributed by atoms with Crippen LogP contribution in [0.1, 0.15) is 35.8 Å². The lowest BCUT2D eigenvalue weighted by atomic mass is 10.2. The summed E-state index contributed by atoms with van der Waals surface area (Å²) >= 11 is 3.36. The Labute approximate surface area is 154 Å². The second kappa shape index (κ2) is 7.11. The molecule has 0 spiro atoms. The number of rotatable bonds is 6. The molecule has 1 aromatic carbocycles. The first-order valence-corrected chi connectivity index (χ1v) is 9.98. The van der Waals surface area contributed by atoms with E-state index in [0.717, 1.165) is 51.4 Å². The largest absolute Gasteiger partial charge is 0.454 e. The van der Waals surface area contributed by atoms with Crippen molar-refractivity contribution in [3.8, 4) is 22.1 Å². The van der Waals surface area contributed by atoms with Crippen LogP contribution in [0.25, 0.3) is 10.6 Å². The van der Waals surface area contributed by atoms with Crippen LogP contribution in [0, 0.1) is 6.92 Å². The summed E-state index contributed by atoms with van der Waals surface area (Å²) in [5.74, 6) is 1.59. The molecule has 1 N–H and O–H groups in total. The Bertz CT molecular complexity index is 875. The summed E-state index contributed by atoms with van der Waals surface area (Å²) in [7, 11) is 0. The molecule has 1 atom stereocenters. The van der Waals surface area contributed by atoms with Crippen molar-refractivity contribution in [2.24, 2.45) is 0 Å². The normalized spacial score (nSPS) is 14.0. The van der Waals surface area contributed by atoms with Crippen LogP contribution in [0.3, 0.4) is 0 Å². The van der Waals surface area contributed by atoms with Crippen molar-refractivity contribution < 1.29 is 9.47 Å². The smallest absolute Gasteiger partial charge is 0.231 e. The van der Waals surface area contributed by atoms with E-state index >= 15 is 0 Å². The molecule has 1 aliphatic rings. The Kier molecular flexibility index (Phi) is 4.70. The summed E-state index contributed by atoms with van der Waals surface area (Å²) in [6.07, 6.45) is 1.01. The Morgan fingerprint density at radius 3 is 2.84 bits per heavy atom. The minimum Gasteiger partial charge on any atom is -0.454 e. The molecule has 1 unspecified atom stereocenters. The first-order chi connectivity index (χ1) is 12.2. The molecule has 4 rings (SSSR count). The SMILES string of the molecule is CCC(NCc1csc(-c2ccc3c(c2)OCO3)n1)c1nc(C)cs1. The van der Waals surface area contributed by atoms with E-state index in [-0.39, 0.29) is 6.04 Å². The van der Waals surface area contributed by atoms with Gasteiger partial charge in [0.05, 0.1) is 11.7 Å². The summed E-state index contributed by atoms with van der Waals surface area (Å²) in [4.78, 5) is 9.35. The molecule has 5 nitrogen and oxygen atoms in total. The Morgan fingerprint density at radius 2 is 2.04 bits per heavy atom. The minimum atomic E-state index is 0.273. The molecule has 0 bridgehead atoms. The highest BCUT2D eigenvalue weighted by atomic mass is 32.1. The maximum Gasteiger partial charge on any atom is 0.231 e. The van der Waals surface area contributed by atoms with E-state index in [4.69, 9.17) is 14.5 Å².